The largest absolute Gasteiger partial charge is 0.477 e. The van der Waals surface area contributed by atoms with E-state index in [0.717, 1.165) is 31.7 Å². The molecule has 0 unspecified atom stereocenters. The van der Waals surface area contributed by atoms with Gasteiger partial charge >= 0.3 is 0 Å². The lowest BCUT2D eigenvalue weighted by molar-refractivity contribution is 0.288. The van der Waals surface area contributed by atoms with Crippen LogP contribution in [0.4, 0.5) is 0 Å². The minimum absolute atomic E-state index is 0.249. The molecule has 0 aromatic carbocycles. The zero-order chi connectivity index (χ0) is 12.5. The van der Waals surface area contributed by atoms with Crippen molar-refractivity contribution in [3.63, 3.8) is 0 Å². The van der Waals surface area contributed by atoms with E-state index < -0.39 is 8.07 Å². The molecule has 2 rings (SSSR count). The van der Waals surface area contributed by atoms with Crippen LogP contribution >= 0.6 is 0 Å². The van der Waals surface area contributed by atoms with Gasteiger partial charge in [-0.1, -0.05) is 19.6 Å². The van der Waals surface area contributed by atoms with Crippen molar-refractivity contribution >= 4 is 13.3 Å². The van der Waals surface area contributed by atoms with Gasteiger partial charge in [-0.2, -0.15) is 0 Å². The fourth-order valence-electron chi connectivity index (χ4n) is 2.58. The van der Waals surface area contributed by atoms with Gasteiger partial charge < -0.3 is 9.84 Å². The lowest BCUT2D eigenvalue weighted by Crippen LogP contribution is -2.42. The van der Waals surface area contributed by atoms with Gasteiger partial charge in [-0.3, -0.25) is 0 Å². The van der Waals surface area contributed by atoms with Gasteiger partial charge in [0, 0.05) is 24.8 Å². The molecular formula is C13H21NO2Si. The molecule has 0 aliphatic carbocycles. The van der Waals surface area contributed by atoms with E-state index in [4.69, 9.17) is 9.84 Å². The van der Waals surface area contributed by atoms with Gasteiger partial charge in [0.2, 0.25) is 5.88 Å². The van der Waals surface area contributed by atoms with Crippen molar-refractivity contribution in [1.82, 2.24) is 4.98 Å². The number of pyridine rings is 1. The number of nitrogens with zero attached hydrogens (tertiary/aromatic N) is 1. The first-order chi connectivity index (χ1) is 8.04. The number of aromatic nitrogens is 1. The molecule has 1 aromatic rings. The van der Waals surface area contributed by atoms with Crippen molar-refractivity contribution in [2.24, 2.45) is 0 Å². The van der Waals surface area contributed by atoms with Gasteiger partial charge in [0.1, 0.15) is 0 Å². The molecule has 3 nitrogen and oxygen atoms in total. The van der Waals surface area contributed by atoms with Gasteiger partial charge in [-0.05, 0) is 23.6 Å². The second-order valence-electron chi connectivity index (χ2n) is 5.62. The van der Waals surface area contributed by atoms with Gasteiger partial charge in [-0.15, -0.1) is 0 Å². The Morgan fingerprint density at radius 1 is 1.41 bits per heavy atom. The molecule has 4 heteroatoms. The fourth-order valence-corrected chi connectivity index (χ4v) is 4.87. The molecule has 1 aliphatic rings. The van der Waals surface area contributed by atoms with E-state index in [9.17, 15) is 0 Å². The second-order valence-corrected chi connectivity index (χ2v) is 10.6. The molecular weight excluding hydrogens is 230 g/mol. The Morgan fingerprint density at radius 2 is 2.18 bits per heavy atom. The molecule has 0 atom stereocenters. The molecule has 0 saturated heterocycles. The lowest BCUT2D eigenvalue weighted by Gasteiger charge is -2.23. The van der Waals surface area contributed by atoms with E-state index in [2.05, 4.69) is 24.6 Å². The van der Waals surface area contributed by atoms with Crippen LogP contribution in [0.2, 0.25) is 19.6 Å². The van der Waals surface area contributed by atoms with E-state index in [1.54, 1.807) is 0 Å². The average molecular weight is 251 g/mol. The van der Waals surface area contributed by atoms with E-state index in [1.807, 2.05) is 6.20 Å². The number of hydrogen-bond donors (Lipinski definition) is 1. The van der Waals surface area contributed by atoms with Gasteiger partial charge in [0.05, 0.1) is 14.7 Å². The average Bonchev–Trinajstić information content (AvgIpc) is 2.71. The Morgan fingerprint density at radius 3 is 2.82 bits per heavy atom. The lowest BCUT2D eigenvalue weighted by atomic mass is 10.1. The molecule has 1 aliphatic heterocycles. The van der Waals surface area contributed by atoms with Crippen LogP contribution < -0.4 is 9.92 Å². The summed E-state index contributed by atoms with van der Waals surface area (Å²) in [6.45, 7) is 8.11. The van der Waals surface area contributed by atoms with Crippen LogP contribution in [0, 0.1) is 0 Å². The zero-order valence-corrected chi connectivity index (χ0v) is 11.9. The topological polar surface area (TPSA) is 42.4 Å². The predicted molar refractivity (Wildman–Crippen MR) is 71.8 cm³/mol. The van der Waals surface area contributed by atoms with Crippen LogP contribution in [-0.4, -0.2) is 31.4 Å². The van der Waals surface area contributed by atoms with Crippen LogP contribution in [0.1, 0.15) is 17.5 Å². The number of aliphatic hydroxyl groups excluding tert-OH is 1. The summed E-state index contributed by atoms with van der Waals surface area (Å²) in [4.78, 5) is 4.40. The fraction of sp³-hybridized carbons (Fsp3) is 0.615. The van der Waals surface area contributed by atoms with Crippen LogP contribution in [0.15, 0.2) is 6.20 Å². The van der Waals surface area contributed by atoms with Crippen molar-refractivity contribution < 1.29 is 9.84 Å². The highest BCUT2D eigenvalue weighted by Crippen LogP contribution is 2.24. The molecule has 1 aromatic heterocycles. The van der Waals surface area contributed by atoms with Crippen LogP contribution in [0.5, 0.6) is 5.88 Å². The Labute approximate surface area is 104 Å². The summed E-state index contributed by atoms with van der Waals surface area (Å²) in [5.41, 5.74) is 2.65. The molecule has 1 N–H and O–H groups in total. The Hall–Kier alpha value is -0.873. The minimum atomic E-state index is -1.39. The first-order valence-electron chi connectivity index (χ1n) is 6.29. The van der Waals surface area contributed by atoms with Crippen molar-refractivity contribution in [2.45, 2.75) is 38.9 Å². The maximum atomic E-state index is 8.98. The molecule has 0 amide bonds. The van der Waals surface area contributed by atoms with Gasteiger partial charge in [0.15, 0.2) is 0 Å². The molecule has 0 bridgehead atoms. The van der Waals surface area contributed by atoms with E-state index in [0.29, 0.717) is 0 Å². The third-order valence-electron chi connectivity index (χ3n) is 3.16. The first kappa shape index (κ1) is 12.6. The zero-order valence-electron chi connectivity index (χ0n) is 10.9. The maximum absolute atomic E-state index is 8.98. The monoisotopic (exact) mass is 251 g/mol. The van der Waals surface area contributed by atoms with Crippen molar-refractivity contribution in [2.75, 3.05) is 13.2 Å². The smallest absolute Gasteiger partial charge is 0.216 e. The summed E-state index contributed by atoms with van der Waals surface area (Å²) in [5, 5.41) is 10.5. The van der Waals surface area contributed by atoms with E-state index in [-0.39, 0.29) is 6.61 Å². The summed E-state index contributed by atoms with van der Waals surface area (Å²) in [6.07, 6.45) is 4.69. The number of aryl methyl sites for hydroxylation is 1. The molecule has 2 heterocycles. The number of rotatable bonds is 4. The summed E-state index contributed by atoms with van der Waals surface area (Å²) < 4.78 is 5.56. The molecule has 0 fully saturated rings. The molecule has 0 radical (unpaired) electrons. The van der Waals surface area contributed by atoms with E-state index in [1.165, 1.54) is 16.3 Å². The first-order valence-corrected chi connectivity index (χ1v) is 9.79. The normalized spacial score (nSPS) is 14.6. The van der Waals surface area contributed by atoms with Crippen molar-refractivity contribution in [3.05, 3.63) is 17.3 Å². The quantitative estimate of drug-likeness (QED) is 0.824. The summed E-state index contributed by atoms with van der Waals surface area (Å²) >= 11 is 0. The SMILES string of the molecule is C[Si](C)(C)c1c(CCCO)cnc2c1CCO2. The highest BCUT2D eigenvalue weighted by molar-refractivity contribution is 6.89. The summed E-state index contributed by atoms with van der Waals surface area (Å²) in [6, 6.07) is 0. The number of hydrogen-bond acceptors (Lipinski definition) is 3. The molecule has 0 spiro atoms. The second kappa shape index (κ2) is 4.78. The third kappa shape index (κ3) is 2.53. The molecule has 0 saturated carbocycles. The van der Waals surface area contributed by atoms with Gasteiger partial charge in [-0.25, -0.2) is 4.98 Å². The number of fused-ring (bicyclic) bond motifs is 1. The highest BCUT2D eigenvalue weighted by atomic mass is 28.3. The Bertz CT molecular complexity index is 413. The molecule has 17 heavy (non-hydrogen) atoms. The number of ether oxygens (including phenoxy) is 1. The maximum Gasteiger partial charge on any atom is 0.216 e. The molecule has 94 valence electrons. The predicted octanol–water partition coefficient (Wildman–Crippen LogP) is 1.49. The minimum Gasteiger partial charge on any atom is -0.477 e. The van der Waals surface area contributed by atoms with Crippen LogP contribution in [0.3, 0.4) is 0 Å². The van der Waals surface area contributed by atoms with Crippen molar-refractivity contribution in [3.8, 4) is 5.88 Å². The van der Waals surface area contributed by atoms with E-state index >= 15 is 0 Å². The van der Waals surface area contributed by atoms with Crippen LogP contribution in [-0.2, 0) is 12.8 Å². The Balaban J connectivity index is 2.45. The van der Waals surface area contributed by atoms with Crippen LogP contribution in [0.25, 0.3) is 0 Å². The Kier molecular flexibility index (Phi) is 3.54. The van der Waals surface area contributed by atoms with Gasteiger partial charge in [0.25, 0.3) is 0 Å². The highest BCUT2D eigenvalue weighted by Gasteiger charge is 2.28. The van der Waals surface area contributed by atoms with Crippen molar-refractivity contribution in [1.29, 1.82) is 0 Å². The number of aliphatic hydroxyl groups is 1. The standard InChI is InChI=1S/C13H21NO2Si/c1-17(2,3)12-10(5-4-7-15)9-14-13-11(12)6-8-16-13/h9,15H,4-8H2,1-3H3. The third-order valence-corrected chi connectivity index (χ3v) is 5.29. The summed E-state index contributed by atoms with van der Waals surface area (Å²) in [7, 11) is -1.39. The summed E-state index contributed by atoms with van der Waals surface area (Å²) in [5.74, 6) is 0.843.